The van der Waals surface area contributed by atoms with Crippen molar-refractivity contribution in [3.8, 4) is 0 Å². The molecule has 0 unspecified atom stereocenters. The summed E-state index contributed by atoms with van der Waals surface area (Å²) in [6.07, 6.45) is -4.64. The van der Waals surface area contributed by atoms with Gasteiger partial charge in [-0.3, -0.25) is 14.3 Å². The summed E-state index contributed by atoms with van der Waals surface area (Å²) in [6.45, 7) is -0.826. The van der Waals surface area contributed by atoms with Crippen LogP contribution in [0.2, 0.25) is 0 Å². The summed E-state index contributed by atoms with van der Waals surface area (Å²) < 4.78 is 20.7. The monoisotopic (exact) mass is 397 g/mol. The molecule has 14 nitrogen and oxygen atoms in total. The second kappa shape index (κ2) is 7.79. The second-order valence-electron chi connectivity index (χ2n) is 5.16. The van der Waals surface area contributed by atoms with Crippen molar-refractivity contribution in [1.82, 2.24) is 26.8 Å². The van der Waals surface area contributed by atoms with Crippen molar-refractivity contribution in [2.45, 2.75) is 24.5 Å². The SMILES string of the molecule is O=c1[nH]c(=O)n([C@@H]2O[C@H](COP(=O)([O-])[O-])[C@@H](O)[C@H]2O)c2cc[nH]c12.[NH4+].[NH4+]. The van der Waals surface area contributed by atoms with Crippen LogP contribution in [0.25, 0.3) is 11.0 Å². The molecule has 1 fully saturated rings. The Kier molecular flexibility index (Phi) is 6.64. The molecule has 3 rings (SSSR count). The van der Waals surface area contributed by atoms with Crippen molar-refractivity contribution in [2.24, 2.45) is 0 Å². The molecular weight excluding hydrogens is 377 g/mol. The van der Waals surface area contributed by atoms with Gasteiger partial charge in [-0.2, -0.15) is 0 Å². The van der Waals surface area contributed by atoms with Crippen LogP contribution in [-0.2, 0) is 13.8 Å². The molecule has 0 aliphatic carbocycles. The highest BCUT2D eigenvalue weighted by Gasteiger charge is 2.44. The largest absolute Gasteiger partial charge is 0.790 e. The van der Waals surface area contributed by atoms with Gasteiger partial charge in [0.05, 0.1) is 19.9 Å². The molecule has 0 amide bonds. The third-order valence-electron chi connectivity index (χ3n) is 3.64. The lowest BCUT2D eigenvalue weighted by Gasteiger charge is -2.30. The summed E-state index contributed by atoms with van der Waals surface area (Å²) in [5.74, 6) is 0. The van der Waals surface area contributed by atoms with E-state index >= 15 is 0 Å². The molecule has 0 spiro atoms. The van der Waals surface area contributed by atoms with E-state index in [9.17, 15) is 34.2 Å². The zero-order valence-electron chi connectivity index (χ0n) is 13.8. The maximum atomic E-state index is 12.1. The van der Waals surface area contributed by atoms with Crippen molar-refractivity contribution in [2.75, 3.05) is 6.61 Å². The Hall–Kier alpha value is -1.87. The number of fused-ring (bicyclic) bond motifs is 1. The smallest absolute Gasteiger partial charge is 0.331 e. The van der Waals surface area contributed by atoms with Crippen molar-refractivity contribution < 1.29 is 33.8 Å². The quantitative estimate of drug-likeness (QED) is 0.291. The summed E-state index contributed by atoms with van der Waals surface area (Å²) in [4.78, 5) is 49.4. The first-order valence-electron chi connectivity index (χ1n) is 6.69. The van der Waals surface area contributed by atoms with Gasteiger partial charge in [0.2, 0.25) is 0 Å². The average Bonchev–Trinajstić information content (AvgIpc) is 3.05. The molecule has 148 valence electrons. The van der Waals surface area contributed by atoms with Gasteiger partial charge in [0.15, 0.2) is 6.23 Å². The molecule has 2 aromatic heterocycles. The summed E-state index contributed by atoms with van der Waals surface area (Å²) in [7, 11) is -5.30. The topological polar surface area (TPSA) is 266 Å². The minimum atomic E-state index is -5.30. The summed E-state index contributed by atoms with van der Waals surface area (Å²) in [5.41, 5.74) is -1.42. The van der Waals surface area contributed by atoms with Crippen molar-refractivity contribution in [1.29, 1.82) is 0 Å². The molecule has 15 heteroatoms. The van der Waals surface area contributed by atoms with Crippen LogP contribution in [-0.4, -0.2) is 49.7 Å². The predicted octanol–water partition coefficient (Wildman–Crippen LogP) is -2.77. The molecule has 0 saturated carbocycles. The number of aliphatic hydroxyl groups excluding tert-OH is 2. The maximum Gasteiger partial charge on any atom is 0.331 e. The van der Waals surface area contributed by atoms with Gasteiger partial charge in [-0.1, -0.05) is 0 Å². The molecule has 1 aliphatic heterocycles. The van der Waals surface area contributed by atoms with E-state index in [-0.39, 0.29) is 23.3 Å². The number of hydrogen-bond acceptors (Lipinski definition) is 9. The zero-order chi connectivity index (χ0) is 17.6. The van der Waals surface area contributed by atoms with Gasteiger partial charge in [-0.15, -0.1) is 0 Å². The van der Waals surface area contributed by atoms with Crippen LogP contribution in [0.15, 0.2) is 21.9 Å². The van der Waals surface area contributed by atoms with E-state index < -0.39 is 50.2 Å². The Balaban J connectivity index is 0.00000169. The lowest BCUT2D eigenvalue weighted by molar-refractivity contribution is -0.343. The fraction of sp³-hybridized carbons (Fsp3) is 0.455. The van der Waals surface area contributed by atoms with Crippen molar-refractivity contribution in [3.05, 3.63) is 33.1 Å². The first kappa shape index (κ1) is 22.2. The van der Waals surface area contributed by atoms with E-state index in [1.54, 1.807) is 0 Å². The Bertz CT molecular complexity index is 917. The molecule has 12 N–H and O–H groups in total. The number of hydrogen-bond donors (Lipinski definition) is 6. The van der Waals surface area contributed by atoms with Gasteiger partial charge in [0.25, 0.3) is 5.56 Å². The second-order valence-corrected chi connectivity index (χ2v) is 6.31. The number of aliphatic hydroxyl groups is 2. The van der Waals surface area contributed by atoms with E-state index in [2.05, 4.69) is 9.51 Å². The molecular formula is C11H20N5O9P. The van der Waals surface area contributed by atoms with Crippen LogP contribution < -0.4 is 33.3 Å². The molecule has 3 heterocycles. The van der Waals surface area contributed by atoms with Gasteiger partial charge >= 0.3 is 5.69 Å². The summed E-state index contributed by atoms with van der Waals surface area (Å²) >= 11 is 0. The third-order valence-corrected chi connectivity index (χ3v) is 4.10. The average molecular weight is 397 g/mol. The normalized spacial score (nSPS) is 25.7. The van der Waals surface area contributed by atoms with Crippen molar-refractivity contribution >= 4 is 18.9 Å². The predicted molar refractivity (Wildman–Crippen MR) is 84.6 cm³/mol. The van der Waals surface area contributed by atoms with Crippen LogP contribution in [0.3, 0.4) is 0 Å². The van der Waals surface area contributed by atoms with Gasteiger partial charge in [-0.05, 0) is 6.07 Å². The highest BCUT2D eigenvalue weighted by atomic mass is 31.2. The number of rotatable bonds is 4. The molecule has 1 aliphatic rings. The highest BCUT2D eigenvalue weighted by molar-refractivity contribution is 7.43. The molecule has 0 aromatic carbocycles. The van der Waals surface area contributed by atoms with Gasteiger partial charge in [0.1, 0.15) is 23.8 Å². The van der Waals surface area contributed by atoms with E-state index in [0.29, 0.717) is 0 Å². The van der Waals surface area contributed by atoms with Crippen LogP contribution in [0, 0.1) is 0 Å². The molecule has 26 heavy (non-hydrogen) atoms. The van der Waals surface area contributed by atoms with Gasteiger partial charge < -0.3 is 51.1 Å². The molecule has 1 saturated heterocycles. The first-order chi connectivity index (χ1) is 11.2. The zero-order valence-corrected chi connectivity index (χ0v) is 14.7. The van der Waals surface area contributed by atoms with E-state index in [0.717, 1.165) is 4.57 Å². The van der Waals surface area contributed by atoms with E-state index in [1.807, 2.05) is 4.98 Å². The summed E-state index contributed by atoms with van der Waals surface area (Å²) in [6, 6.07) is 1.39. The van der Waals surface area contributed by atoms with E-state index in [1.165, 1.54) is 12.3 Å². The van der Waals surface area contributed by atoms with Gasteiger partial charge in [-0.25, -0.2) is 4.79 Å². The fourth-order valence-electron chi connectivity index (χ4n) is 2.57. The van der Waals surface area contributed by atoms with Gasteiger partial charge in [0, 0.05) is 6.20 Å². The molecule has 0 bridgehead atoms. The molecule has 4 atom stereocenters. The van der Waals surface area contributed by atoms with Crippen LogP contribution in [0.5, 0.6) is 0 Å². The highest BCUT2D eigenvalue weighted by Crippen LogP contribution is 2.33. The Morgan fingerprint density at radius 2 is 1.92 bits per heavy atom. The number of aromatic amines is 2. The maximum absolute atomic E-state index is 12.1. The number of ether oxygens (including phenoxy) is 1. The number of H-pyrrole nitrogens is 2. The Labute approximate surface area is 144 Å². The minimum Gasteiger partial charge on any atom is -0.790 e. The minimum absolute atomic E-state index is 0. The standard InChI is InChI=1S/C11H14N3O9P.2H3N/c15-7-5(3-22-24(19,20)21)23-10(8(7)16)14-4-1-2-12-6(4)9(17)13-11(14)18;;/h1-2,5,7-8,10,12,15-16H,3H2,(H,13,17,18)(H2,19,20,21);2*1H3/t5-,7-,8-,10-;;/m1../s1. The lowest BCUT2D eigenvalue weighted by atomic mass is 10.1. The van der Waals surface area contributed by atoms with Crippen LogP contribution >= 0.6 is 7.82 Å². The molecule has 2 aromatic rings. The summed E-state index contributed by atoms with van der Waals surface area (Å²) in [5, 5.41) is 20.0. The third kappa shape index (κ3) is 3.93. The van der Waals surface area contributed by atoms with E-state index in [4.69, 9.17) is 4.74 Å². The number of nitrogens with zero attached hydrogens (tertiary/aromatic N) is 1. The fourth-order valence-corrected chi connectivity index (χ4v) is 2.90. The van der Waals surface area contributed by atoms with Crippen molar-refractivity contribution in [3.63, 3.8) is 0 Å². The Morgan fingerprint density at radius 3 is 2.54 bits per heavy atom. The number of quaternary nitrogens is 2. The number of phosphoric ester groups is 1. The lowest BCUT2D eigenvalue weighted by Crippen LogP contribution is -2.38. The Morgan fingerprint density at radius 1 is 1.27 bits per heavy atom. The first-order valence-corrected chi connectivity index (χ1v) is 8.15. The van der Waals surface area contributed by atoms with Crippen LogP contribution in [0.1, 0.15) is 6.23 Å². The number of phosphoric acid groups is 1. The number of nitrogens with one attached hydrogen (secondary N) is 2. The van der Waals surface area contributed by atoms with Crippen LogP contribution in [0.4, 0.5) is 0 Å². The number of aromatic nitrogens is 3. The molecule has 0 radical (unpaired) electrons.